The molecule has 1 saturated heterocycles. The monoisotopic (exact) mass is 333 g/mol. The molecule has 1 N–H and O–H groups in total. The molecule has 1 aliphatic heterocycles. The molecule has 116 valence electrons. The SMILES string of the molecule is CN1CCN(NC(=O)c2nc(S(C)(=O)=O)ncc2Cl)CC1. The van der Waals surface area contributed by atoms with E-state index in [4.69, 9.17) is 11.6 Å². The maximum Gasteiger partial charge on any atom is 0.285 e. The Balaban J connectivity index is 2.15. The fourth-order valence-corrected chi connectivity index (χ4v) is 2.48. The van der Waals surface area contributed by atoms with Gasteiger partial charge in [-0.25, -0.2) is 23.4 Å². The Morgan fingerprint density at radius 3 is 2.52 bits per heavy atom. The third-order valence-electron chi connectivity index (χ3n) is 3.03. The molecular weight excluding hydrogens is 318 g/mol. The molecule has 0 atom stereocenters. The molecule has 2 heterocycles. The van der Waals surface area contributed by atoms with E-state index in [0.717, 1.165) is 25.5 Å². The molecule has 0 spiro atoms. The fraction of sp³-hybridized carbons (Fsp3) is 0.545. The van der Waals surface area contributed by atoms with Crippen molar-refractivity contribution in [1.82, 2.24) is 25.3 Å². The van der Waals surface area contributed by atoms with Gasteiger partial charge in [0.25, 0.3) is 5.91 Å². The van der Waals surface area contributed by atoms with Gasteiger partial charge in [-0.2, -0.15) is 0 Å². The fourth-order valence-electron chi connectivity index (χ4n) is 1.80. The summed E-state index contributed by atoms with van der Waals surface area (Å²) in [6.45, 7) is 2.99. The highest BCUT2D eigenvalue weighted by molar-refractivity contribution is 7.90. The Bertz CT molecular complexity index is 643. The topological polar surface area (TPSA) is 95.5 Å². The molecule has 8 nitrogen and oxygen atoms in total. The first-order chi connectivity index (χ1) is 9.77. The minimum absolute atomic E-state index is 0.00836. The highest BCUT2D eigenvalue weighted by Gasteiger charge is 2.22. The number of hydrogen-bond donors (Lipinski definition) is 1. The number of amides is 1. The second-order valence-electron chi connectivity index (χ2n) is 4.85. The molecule has 0 unspecified atom stereocenters. The van der Waals surface area contributed by atoms with E-state index in [9.17, 15) is 13.2 Å². The normalized spacial score (nSPS) is 17.7. The lowest BCUT2D eigenvalue weighted by molar-refractivity contribution is 0.0657. The Labute approximate surface area is 128 Å². The summed E-state index contributed by atoms with van der Waals surface area (Å²) in [4.78, 5) is 21.7. The molecule has 0 bridgehead atoms. The van der Waals surface area contributed by atoms with Crippen LogP contribution < -0.4 is 5.43 Å². The van der Waals surface area contributed by atoms with Crippen LogP contribution in [0.3, 0.4) is 0 Å². The van der Waals surface area contributed by atoms with Crippen LogP contribution in [0.15, 0.2) is 11.4 Å². The minimum atomic E-state index is -3.60. The second-order valence-corrected chi connectivity index (χ2v) is 7.17. The number of carbonyl (C=O) groups is 1. The molecule has 1 aromatic rings. The first kappa shape index (κ1) is 16.1. The van der Waals surface area contributed by atoms with Crippen LogP contribution in [0.1, 0.15) is 10.5 Å². The average Bonchev–Trinajstić information content (AvgIpc) is 2.40. The maximum atomic E-state index is 12.2. The van der Waals surface area contributed by atoms with Crippen molar-refractivity contribution in [3.63, 3.8) is 0 Å². The van der Waals surface area contributed by atoms with Crippen LogP contribution in [-0.4, -0.2) is 73.7 Å². The number of hydrazine groups is 1. The molecule has 21 heavy (non-hydrogen) atoms. The van der Waals surface area contributed by atoms with E-state index < -0.39 is 20.9 Å². The van der Waals surface area contributed by atoms with Crippen LogP contribution in [0, 0.1) is 0 Å². The Morgan fingerprint density at radius 2 is 1.95 bits per heavy atom. The molecule has 10 heteroatoms. The summed E-state index contributed by atoms with van der Waals surface area (Å²) in [6.07, 6.45) is 2.09. The standard InChI is InChI=1S/C11H16ClN5O3S/c1-16-3-5-17(6-4-16)15-10(18)9-8(12)7-13-11(14-9)21(2,19)20/h7H,3-6H2,1-2H3,(H,15,18). The zero-order valence-electron chi connectivity index (χ0n) is 11.7. The Kier molecular flexibility index (Phi) is 4.77. The highest BCUT2D eigenvalue weighted by atomic mass is 35.5. The van der Waals surface area contributed by atoms with E-state index in [-0.39, 0.29) is 10.7 Å². The predicted molar refractivity (Wildman–Crippen MR) is 76.7 cm³/mol. The van der Waals surface area contributed by atoms with Crippen molar-refractivity contribution in [1.29, 1.82) is 0 Å². The number of carbonyl (C=O) groups excluding carboxylic acids is 1. The average molecular weight is 334 g/mol. The minimum Gasteiger partial charge on any atom is -0.304 e. The van der Waals surface area contributed by atoms with Gasteiger partial charge in [-0.05, 0) is 7.05 Å². The van der Waals surface area contributed by atoms with Gasteiger partial charge in [0.1, 0.15) is 0 Å². The quantitative estimate of drug-likeness (QED) is 0.740. The van der Waals surface area contributed by atoms with Gasteiger partial charge in [0, 0.05) is 32.4 Å². The molecule has 1 amide bonds. The van der Waals surface area contributed by atoms with Gasteiger partial charge in [0.05, 0.1) is 11.2 Å². The van der Waals surface area contributed by atoms with Crippen LogP contribution in [0.25, 0.3) is 0 Å². The van der Waals surface area contributed by atoms with E-state index in [0.29, 0.717) is 13.1 Å². The molecule has 0 radical (unpaired) electrons. The molecule has 1 aliphatic rings. The Hall–Kier alpha value is -1.29. The molecule has 2 rings (SSSR count). The number of halogens is 1. The van der Waals surface area contributed by atoms with Crippen molar-refractivity contribution in [2.45, 2.75) is 5.16 Å². The van der Waals surface area contributed by atoms with Gasteiger partial charge in [-0.15, -0.1) is 0 Å². The lowest BCUT2D eigenvalue weighted by Gasteiger charge is -2.32. The van der Waals surface area contributed by atoms with Crippen LogP contribution in [0.2, 0.25) is 5.02 Å². The highest BCUT2D eigenvalue weighted by Crippen LogP contribution is 2.14. The van der Waals surface area contributed by atoms with Gasteiger partial charge < -0.3 is 4.90 Å². The smallest absolute Gasteiger partial charge is 0.285 e. The number of nitrogens with one attached hydrogen (secondary N) is 1. The Morgan fingerprint density at radius 1 is 1.33 bits per heavy atom. The molecule has 1 fully saturated rings. The van der Waals surface area contributed by atoms with Crippen molar-refractivity contribution in [3.05, 3.63) is 16.9 Å². The summed E-state index contributed by atoms with van der Waals surface area (Å²) in [5.74, 6) is -0.545. The number of piperazine rings is 1. The molecule has 0 saturated carbocycles. The second kappa shape index (κ2) is 6.22. The number of hydrogen-bond acceptors (Lipinski definition) is 7. The summed E-state index contributed by atoms with van der Waals surface area (Å²) in [5.41, 5.74) is 2.53. The molecule has 0 aromatic carbocycles. The summed E-state index contributed by atoms with van der Waals surface area (Å²) < 4.78 is 22.9. The van der Waals surface area contributed by atoms with E-state index in [1.807, 2.05) is 7.05 Å². The number of likely N-dealkylation sites (N-methyl/N-ethyl adjacent to an activating group) is 1. The van der Waals surface area contributed by atoms with Gasteiger partial charge in [-0.1, -0.05) is 11.6 Å². The van der Waals surface area contributed by atoms with Gasteiger partial charge in [0.2, 0.25) is 15.0 Å². The van der Waals surface area contributed by atoms with E-state index in [1.165, 1.54) is 0 Å². The van der Waals surface area contributed by atoms with Gasteiger partial charge >= 0.3 is 0 Å². The largest absolute Gasteiger partial charge is 0.304 e. The van der Waals surface area contributed by atoms with Crippen molar-refractivity contribution in [3.8, 4) is 0 Å². The maximum absolute atomic E-state index is 12.2. The molecule has 1 aromatic heterocycles. The van der Waals surface area contributed by atoms with E-state index in [2.05, 4.69) is 20.3 Å². The first-order valence-corrected chi connectivity index (χ1v) is 8.51. The van der Waals surface area contributed by atoms with Gasteiger partial charge in [0.15, 0.2) is 5.69 Å². The zero-order chi connectivity index (χ0) is 15.6. The lowest BCUT2D eigenvalue weighted by Crippen LogP contribution is -2.52. The van der Waals surface area contributed by atoms with Crippen LogP contribution in [-0.2, 0) is 9.84 Å². The summed E-state index contributed by atoms with van der Waals surface area (Å²) in [7, 11) is -1.60. The van der Waals surface area contributed by atoms with Crippen molar-refractivity contribution in [2.24, 2.45) is 0 Å². The predicted octanol–water partition coefficient (Wildman–Crippen LogP) is -0.574. The van der Waals surface area contributed by atoms with Gasteiger partial charge in [-0.3, -0.25) is 10.2 Å². The molecular formula is C11H16ClN5O3S. The zero-order valence-corrected chi connectivity index (χ0v) is 13.3. The summed E-state index contributed by atoms with van der Waals surface area (Å²) in [6, 6.07) is 0. The van der Waals surface area contributed by atoms with Crippen LogP contribution >= 0.6 is 11.6 Å². The number of rotatable bonds is 3. The number of sulfone groups is 1. The van der Waals surface area contributed by atoms with Crippen LogP contribution in [0.5, 0.6) is 0 Å². The van der Waals surface area contributed by atoms with E-state index >= 15 is 0 Å². The van der Waals surface area contributed by atoms with Crippen molar-refractivity contribution >= 4 is 27.3 Å². The first-order valence-electron chi connectivity index (χ1n) is 6.24. The van der Waals surface area contributed by atoms with E-state index in [1.54, 1.807) is 5.01 Å². The summed E-state index contributed by atoms with van der Waals surface area (Å²) in [5, 5.41) is 1.34. The summed E-state index contributed by atoms with van der Waals surface area (Å²) >= 11 is 5.87. The number of nitrogens with zero attached hydrogens (tertiary/aromatic N) is 4. The van der Waals surface area contributed by atoms with Crippen LogP contribution in [0.4, 0.5) is 0 Å². The third-order valence-corrected chi connectivity index (χ3v) is 4.17. The molecule has 0 aliphatic carbocycles. The lowest BCUT2D eigenvalue weighted by atomic mass is 10.3. The third kappa shape index (κ3) is 4.10. The number of aromatic nitrogens is 2. The van der Waals surface area contributed by atoms with Crippen molar-refractivity contribution < 1.29 is 13.2 Å². The van der Waals surface area contributed by atoms with Crippen molar-refractivity contribution in [2.75, 3.05) is 39.5 Å².